The summed E-state index contributed by atoms with van der Waals surface area (Å²) in [6.45, 7) is 6.46. The number of benzene rings is 1. The number of hydrogen-bond acceptors (Lipinski definition) is 5. The Bertz CT molecular complexity index is 603. The summed E-state index contributed by atoms with van der Waals surface area (Å²) in [5.41, 5.74) is 2.11. The number of nitrogens with zero attached hydrogens (tertiary/aromatic N) is 2. The second kappa shape index (κ2) is 6.30. The van der Waals surface area contributed by atoms with E-state index in [4.69, 9.17) is 4.74 Å². The van der Waals surface area contributed by atoms with Gasteiger partial charge in [-0.25, -0.2) is 0 Å². The van der Waals surface area contributed by atoms with E-state index in [0.717, 1.165) is 11.3 Å². The highest BCUT2D eigenvalue weighted by Gasteiger charge is 2.17. The molecule has 0 bridgehead atoms. The largest absolute Gasteiger partial charge is 0.496 e. The summed E-state index contributed by atoms with van der Waals surface area (Å²) in [5.74, 6) is 1.12. The normalized spacial score (nSPS) is 17.5. The van der Waals surface area contributed by atoms with Gasteiger partial charge in [0.05, 0.1) is 19.1 Å². The van der Waals surface area contributed by atoms with Gasteiger partial charge in [0.15, 0.2) is 5.17 Å². The minimum Gasteiger partial charge on any atom is -0.496 e. The number of amidine groups is 1. The molecule has 5 nitrogen and oxygen atoms in total. The van der Waals surface area contributed by atoms with Crippen molar-refractivity contribution >= 4 is 29.1 Å². The van der Waals surface area contributed by atoms with E-state index in [0.29, 0.717) is 10.9 Å². The Balaban J connectivity index is 2.18. The summed E-state index contributed by atoms with van der Waals surface area (Å²) in [5, 5.41) is 11.1. The molecule has 0 aromatic heterocycles. The summed E-state index contributed by atoms with van der Waals surface area (Å²) in [6, 6.07) is 6.03. The lowest BCUT2D eigenvalue weighted by Gasteiger charge is -2.20. The lowest BCUT2D eigenvalue weighted by Crippen LogP contribution is -2.19. The molecule has 0 radical (unpaired) electrons. The Hall–Kier alpha value is -1.82. The molecule has 1 fully saturated rings. The van der Waals surface area contributed by atoms with Crippen LogP contribution in [-0.4, -0.2) is 30.2 Å². The third-order valence-corrected chi connectivity index (χ3v) is 3.89. The molecule has 1 aliphatic rings. The minimum absolute atomic E-state index is 0.0407. The molecule has 21 heavy (non-hydrogen) atoms. The highest BCUT2D eigenvalue weighted by atomic mass is 32.2. The van der Waals surface area contributed by atoms with Gasteiger partial charge in [0.1, 0.15) is 5.75 Å². The molecule has 0 saturated carbocycles. The number of ether oxygens (including phenoxy) is 1. The van der Waals surface area contributed by atoms with Crippen LogP contribution in [0.25, 0.3) is 0 Å². The van der Waals surface area contributed by atoms with Crippen LogP contribution in [0.1, 0.15) is 31.9 Å². The summed E-state index contributed by atoms with van der Waals surface area (Å²) in [6.07, 6.45) is 1.63. The standard InChI is InChI=1S/C15H19N3O2S/c1-15(2,3)11-6-5-10(12(7-11)20-4)8-16-18-14-17-13(19)9-21-14/h5-8H,9H2,1-4H3,(H,17,18,19). The van der Waals surface area contributed by atoms with Crippen LogP contribution in [0.2, 0.25) is 0 Å². The highest BCUT2D eigenvalue weighted by molar-refractivity contribution is 8.15. The van der Waals surface area contributed by atoms with Crippen molar-refractivity contribution in [1.82, 2.24) is 5.32 Å². The van der Waals surface area contributed by atoms with Crippen LogP contribution in [0.3, 0.4) is 0 Å². The molecule has 1 aromatic rings. The Kier molecular flexibility index (Phi) is 4.67. The molecule has 6 heteroatoms. The zero-order chi connectivity index (χ0) is 15.5. The maximum absolute atomic E-state index is 11.0. The molecule has 1 heterocycles. The number of carbonyl (C=O) groups excluding carboxylic acids is 1. The van der Waals surface area contributed by atoms with Crippen LogP contribution in [-0.2, 0) is 10.2 Å². The Labute approximate surface area is 128 Å². The van der Waals surface area contributed by atoms with Crippen LogP contribution < -0.4 is 10.1 Å². The first kappa shape index (κ1) is 15.6. The van der Waals surface area contributed by atoms with E-state index in [1.54, 1.807) is 13.3 Å². The molecule has 1 amide bonds. The van der Waals surface area contributed by atoms with Crippen LogP contribution in [0, 0.1) is 0 Å². The van der Waals surface area contributed by atoms with E-state index < -0.39 is 0 Å². The molecule has 2 rings (SSSR count). The smallest absolute Gasteiger partial charge is 0.236 e. The van der Waals surface area contributed by atoms with E-state index in [-0.39, 0.29) is 11.3 Å². The van der Waals surface area contributed by atoms with Crippen molar-refractivity contribution in [3.8, 4) is 5.75 Å². The predicted octanol–water partition coefficient (Wildman–Crippen LogP) is 2.55. The molecular weight excluding hydrogens is 286 g/mol. The van der Waals surface area contributed by atoms with E-state index in [1.807, 2.05) is 12.1 Å². The van der Waals surface area contributed by atoms with Gasteiger partial charge in [-0.1, -0.05) is 38.6 Å². The number of rotatable bonds is 3. The van der Waals surface area contributed by atoms with E-state index in [9.17, 15) is 4.79 Å². The third-order valence-electron chi connectivity index (χ3n) is 3.03. The number of nitrogens with one attached hydrogen (secondary N) is 1. The minimum atomic E-state index is -0.0407. The maximum Gasteiger partial charge on any atom is 0.236 e. The molecule has 0 atom stereocenters. The second-order valence-electron chi connectivity index (χ2n) is 5.69. The van der Waals surface area contributed by atoms with Gasteiger partial charge in [-0.05, 0) is 23.1 Å². The quantitative estimate of drug-likeness (QED) is 0.689. The number of methoxy groups -OCH3 is 1. The van der Waals surface area contributed by atoms with E-state index in [1.165, 1.54) is 17.3 Å². The van der Waals surface area contributed by atoms with Gasteiger partial charge in [-0.3, -0.25) is 4.79 Å². The van der Waals surface area contributed by atoms with Crippen molar-refractivity contribution in [3.63, 3.8) is 0 Å². The number of hydrogen-bond donors (Lipinski definition) is 1. The molecule has 0 spiro atoms. The molecule has 1 aliphatic heterocycles. The molecule has 112 valence electrons. The number of carbonyl (C=O) groups is 1. The summed E-state index contributed by atoms with van der Waals surface area (Å²) in [4.78, 5) is 11.0. The maximum atomic E-state index is 11.0. The summed E-state index contributed by atoms with van der Waals surface area (Å²) >= 11 is 1.35. The molecule has 1 aromatic carbocycles. The number of amides is 1. The van der Waals surface area contributed by atoms with Crippen LogP contribution >= 0.6 is 11.8 Å². The lowest BCUT2D eigenvalue weighted by atomic mass is 9.86. The Morgan fingerprint density at radius 3 is 2.71 bits per heavy atom. The zero-order valence-electron chi connectivity index (χ0n) is 12.6. The molecule has 0 unspecified atom stereocenters. The first-order valence-corrected chi connectivity index (χ1v) is 7.61. The molecular formula is C15H19N3O2S. The highest BCUT2D eigenvalue weighted by Crippen LogP contribution is 2.27. The fourth-order valence-corrected chi connectivity index (χ4v) is 2.44. The van der Waals surface area contributed by atoms with Gasteiger partial charge in [0.2, 0.25) is 5.91 Å². The van der Waals surface area contributed by atoms with Gasteiger partial charge in [0.25, 0.3) is 0 Å². The average Bonchev–Trinajstić information content (AvgIpc) is 2.83. The fraction of sp³-hybridized carbons (Fsp3) is 0.400. The topological polar surface area (TPSA) is 63.1 Å². The Morgan fingerprint density at radius 2 is 2.14 bits per heavy atom. The monoisotopic (exact) mass is 305 g/mol. The van der Waals surface area contributed by atoms with Crippen molar-refractivity contribution in [3.05, 3.63) is 29.3 Å². The van der Waals surface area contributed by atoms with E-state index >= 15 is 0 Å². The van der Waals surface area contributed by atoms with Crippen LogP contribution in [0.5, 0.6) is 5.75 Å². The summed E-state index contributed by atoms with van der Waals surface area (Å²) in [7, 11) is 1.64. The van der Waals surface area contributed by atoms with Gasteiger partial charge in [-0.2, -0.15) is 5.10 Å². The SMILES string of the molecule is COc1cc(C(C)(C)C)ccc1C=NN=C1NC(=O)CS1. The molecule has 1 saturated heterocycles. The molecule has 0 aliphatic carbocycles. The van der Waals surface area contributed by atoms with Crippen molar-refractivity contribution in [2.45, 2.75) is 26.2 Å². The van der Waals surface area contributed by atoms with Crippen molar-refractivity contribution in [2.24, 2.45) is 10.2 Å². The van der Waals surface area contributed by atoms with Gasteiger partial charge in [0, 0.05) is 5.56 Å². The lowest BCUT2D eigenvalue weighted by molar-refractivity contribution is -0.116. The van der Waals surface area contributed by atoms with E-state index in [2.05, 4.69) is 42.4 Å². The fourth-order valence-electron chi connectivity index (χ4n) is 1.81. The first-order valence-electron chi connectivity index (χ1n) is 6.62. The Morgan fingerprint density at radius 1 is 1.38 bits per heavy atom. The summed E-state index contributed by atoms with van der Waals surface area (Å²) < 4.78 is 5.41. The van der Waals surface area contributed by atoms with Crippen LogP contribution in [0.4, 0.5) is 0 Å². The zero-order valence-corrected chi connectivity index (χ0v) is 13.5. The van der Waals surface area contributed by atoms with Crippen molar-refractivity contribution in [2.75, 3.05) is 12.9 Å². The predicted molar refractivity (Wildman–Crippen MR) is 87.3 cm³/mol. The van der Waals surface area contributed by atoms with Crippen molar-refractivity contribution < 1.29 is 9.53 Å². The first-order chi connectivity index (χ1) is 9.90. The van der Waals surface area contributed by atoms with Gasteiger partial charge < -0.3 is 10.1 Å². The van der Waals surface area contributed by atoms with Gasteiger partial charge >= 0.3 is 0 Å². The second-order valence-corrected chi connectivity index (χ2v) is 6.66. The third kappa shape index (κ3) is 4.07. The molecule has 1 N–H and O–H groups in total. The van der Waals surface area contributed by atoms with Crippen molar-refractivity contribution in [1.29, 1.82) is 0 Å². The average molecular weight is 305 g/mol. The van der Waals surface area contributed by atoms with Crippen LogP contribution in [0.15, 0.2) is 28.4 Å². The number of thioether (sulfide) groups is 1. The van der Waals surface area contributed by atoms with Gasteiger partial charge in [-0.15, -0.1) is 5.10 Å².